The molecule has 1 aromatic heterocycles. The van der Waals surface area contributed by atoms with Crippen molar-refractivity contribution in [3.63, 3.8) is 0 Å². The molecule has 1 N–H and O–H groups in total. The summed E-state index contributed by atoms with van der Waals surface area (Å²) in [5.74, 6) is 0.0916. The second-order valence-electron chi connectivity index (χ2n) is 4.30. The molecule has 0 aliphatic rings. The van der Waals surface area contributed by atoms with Crippen LogP contribution in [0.5, 0.6) is 5.75 Å². The van der Waals surface area contributed by atoms with Crippen LogP contribution >= 0.6 is 27.3 Å². The van der Waals surface area contributed by atoms with Crippen LogP contribution in [0.3, 0.4) is 0 Å². The molecule has 1 heterocycles. The van der Waals surface area contributed by atoms with Gasteiger partial charge in [0.1, 0.15) is 11.4 Å². The molecule has 0 bridgehead atoms. The summed E-state index contributed by atoms with van der Waals surface area (Å²) in [6.07, 6.45) is 0. The molecule has 100 valence electrons. The minimum atomic E-state index is 0.0916. The van der Waals surface area contributed by atoms with E-state index in [1.807, 2.05) is 19.1 Å². The van der Waals surface area contributed by atoms with Gasteiger partial charge in [-0.3, -0.25) is 0 Å². The quantitative estimate of drug-likeness (QED) is 0.623. The largest absolute Gasteiger partial charge is 0.506 e. The van der Waals surface area contributed by atoms with Gasteiger partial charge >= 0.3 is 0 Å². The Balaban J connectivity index is 1.96. The van der Waals surface area contributed by atoms with Crippen molar-refractivity contribution in [3.8, 4) is 5.75 Å². The molecule has 2 aromatic carbocycles. The summed E-state index contributed by atoms with van der Waals surface area (Å²) < 4.78 is 1.92. The van der Waals surface area contributed by atoms with Crippen molar-refractivity contribution < 1.29 is 5.11 Å². The van der Waals surface area contributed by atoms with Gasteiger partial charge in [0, 0.05) is 4.47 Å². The number of aromatic hydroxyl groups is 1. The van der Waals surface area contributed by atoms with E-state index in [2.05, 4.69) is 37.2 Å². The average Bonchev–Trinajstić information content (AvgIpc) is 2.81. The van der Waals surface area contributed by atoms with Crippen LogP contribution < -0.4 is 0 Å². The summed E-state index contributed by atoms with van der Waals surface area (Å²) in [7, 11) is 0. The maximum absolute atomic E-state index is 9.70. The van der Waals surface area contributed by atoms with Crippen molar-refractivity contribution in [3.05, 3.63) is 46.4 Å². The van der Waals surface area contributed by atoms with Crippen LogP contribution in [0.25, 0.3) is 10.2 Å². The lowest BCUT2D eigenvalue weighted by Gasteiger charge is -1.96. The molecule has 0 unspecified atom stereocenters. The normalized spacial score (nSPS) is 11.5. The minimum Gasteiger partial charge on any atom is -0.506 e. The third-order valence-corrected chi connectivity index (χ3v) is 4.11. The van der Waals surface area contributed by atoms with Crippen molar-refractivity contribution >= 4 is 48.3 Å². The van der Waals surface area contributed by atoms with Crippen molar-refractivity contribution in [1.29, 1.82) is 0 Å². The molecule has 6 heteroatoms. The first-order chi connectivity index (χ1) is 9.61. The lowest BCUT2D eigenvalue weighted by Crippen LogP contribution is -1.70. The molecular formula is C14H10BrN3OS. The SMILES string of the molecule is Cc1ccc2nc(N=Nc3cc(Br)ccc3O)sc2c1. The summed E-state index contributed by atoms with van der Waals surface area (Å²) in [6.45, 7) is 2.04. The first kappa shape index (κ1) is 13.2. The van der Waals surface area contributed by atoms with Crippen molar-refractivity contribution in [2.24, 2.45) is 10.2 Å². The Kier molecular flexibility index (Phi) is 3.50. The second-order valence-corrected chi connectivity index (χ2v) is 6.23. The topological polar surface area (TPSA) is 57.8 Å². The fourth-order valence-electron chi connectivity index (χ4n) is 1.74. The Bertz CT molecular complexity index is 813. The van der Waals surface area contributed by atoms with Crippen LogP contribution in [0.4, 0.5) is 10.8 Å². The number of fused-ring (bicyclic) bond motifs is 1. The van der Waals surface area contributed by atoms with E-state index in [0.717, 1.165) is 14.7 Å². The Morgan fingerprint density at radius 2 is 2.00 bits per heavy atom. The highest BCUT2D eigenvalue weighted by Gasteiger charge is 2.04. The number of aromatic nitrogens is 1. The maximum atomic E-state index is 9.70. The Morgan fingerprint density at radius 3 is 2.85 bits per heavy atom. The molecule has 3 rings (SSSR count). The zero-order valence-corrected chi connectivity index (χ0v) is 12.9. The van der Waals surface area contributed by atoms with Crippen LogP contribution in [-0.2, 0) is 0 Å². The third kappa shape index (κ3) is 2.71. The molecule has 3 aromatic rings. The summed E-state index contributed by atoms with van der Waals surface area (Å²) >= 11 is 4.81. The highest BCUT2D eigenvalue weighted by atomic mass is 79.9. The molecule has 0 fully saturated rings. The van der Waals surface area contributed by atoms with Gasteiger partial charge in [-0.05, 0) is 42.8 Å². The summed E-state index contributed by atoms with van der Waals surface area (Å²) in [5, 5.41) is 18.4. The highest BCUT2D eigenvalue weighted by molar-refractivity contribution is 9.10. The second kappa shape index (κ2) is 5.30. The summed E-state index contributed by atoms with van der Waals surface area (Å²) in [5.41, 5.74) is 2.51. The van der Waals surface area contributed by atoms with E-state index in [9.17, 15) is 5.11 Å². The van der Waals surface area contributed by atoms with Gasteiger partial charge in [-0.2, -0.15) is 0 Å². The van der Waals surface area contributed by atoms with E-state index in [1.54, 1.807) is 18.2 Å². The number of thiazole rings is 1. The molecule has 0 amide bonds. The smallest absolute Gasteiger partial charge is 0.231 e. The first-order valence-corrected chi connectivity index (χ1v) is 7.50. The Labute approximate surface area is 128 Å². The first-order valence-electron chi connectivity index (χ1n) is 5.89. The fourth-order valence-corrected chi connectivity index (χ4v) is 2.97. The number of benzene rings is 2. The van der Waals surface area contributed by atoms with Crippen LogP contribution in [0.1, 0.15) is 5.56 Å². The van der Waals surface area contributed by atoms with Crippen LogP contribution in [-0.4, -0.2) is 10.1 Å². The molecule has 20 heavy (non-hydrogen) atoms. The molecule has 0 radical (unpaired) electrons. The predicted molar refractivity (Wildman–Crippen MR) is 84.3 cm³/mol. The molecule has 0 aliphatic carbocycles. The number of phenols is 1. The lowest BCUT2D eigenvalue weighted by atomic mass is 10.2. The van der Waals surface area contributed by atoms with Gasteiger partial charge in [0.2, 0.25) is 5.13 Å². The summed E-state index contributed by atoms with van der Waals surface area (Å²) in [4.78, 5) is 4.39. The van der Waals surface area contributed by atoms with Gasteiger partial charge < -0.3 is 5.11 Å². The summed E-state index contributed by atoms with van der Waals surface area (Å²) in [6, 6.07) is 11.1. The third-order valence-electron chi connectivity index (χ3n) is 2.71. The van der Waals surface area contributed by atoms with E-state index >= 15 is 0 Å². The molecule has 0 spiro atoms. The van der Waals surface area contributed by atoms with Crippen molar-refractivity contribution in [1.82, 2.24) is 4.98 Å². The molecule has 4 nitrogen and oxygen atoms in total. The van der Waals surface area contributed by atoms with Crippen LogP contribution in [0.15, 0.2) is 51.1 Å². The number of azo groups is 1. The predicted octanol–water partition coefficient (Wildman–Crippen LogP) is 5.49. The van der Waals surface area contributed by atoms with Gasteiger partial charge in [-0.15, -0.1) is 10.2 Å². The monoisotopic (exact) mass is 347 g/mol. The molecule has 0 aliphatic heterocycles. The number of rotatable bonds is 2. The molecule has 0 saturated heterocycles. The van der Waals surface area contributed by atoms with Crippen LogP contribution in [0, 0.1) is 6.92 Å². The number of hydrogen-bond donors (Lipinski definition) is 1. The average molecular weight is 348 g/mol. The van der Waals surface area contributed by atoms with Crippen molar-refractivity contribution in [2.45, 2.75) is 6.92 Å². The number of nitrogens with zero attached hydrogens (tertiary/aromatic N) is 3. The van der Waals surface area contributed by atoms with E-state index in [0.29, 0.717) is 10.8 Å². The Hall–Kier alpha value is -1.79. The number of phenolic OH excluding ortho intramolecular Hbond substituents is 1. The lowest BCUT2D eigenvalue weighted by molar-refractivity contribution is 0.476. The highest BCUT2D eigenvalue weighted by Crippen LogP contribution is 2.33. The van der Waals surface area contributed by atoms with E-state index in [-0.39, 0.29) is 5.75 Å². The minimum absolute atomic E-state index is 0.0916. The molecule has 0 saturated carbocycles. The van der Waals surface area contributed by atoms with E-state index in [1.165, 1.54) is 16.9 Å². The van der Waals surface area contributed by atoms with E-state index < -0.39 is 0 Å². The van der Waals surface area contributed by atoms with Gasteiger partial charge in [-0.25, -0.2) is 4.98 Å². The zero-order chi connectivity index (χ0) is 14.1. The Morgan fingerprint density at radius 1 is 1.15 bits per heavy atom. The van der Waals surface area contributed by atoms with Crippen molar-refractivity contribution in [2.75, 3.05) is 0 Å². The van der Waals surface area contributed by atoms with Gasteiger partial charge in [-0.1, -0.05) is 33.3 Å². The number of hydrogen-bond acceptors (Lipinski definition) is 5. The van der Waals surface area contributed by atoms with Gasteiger partial charge in [0.25, 0.3) is 0 Å². The standard InChI is InChI=1S/C14H10BrN3OS/c1-8-2-4-10-13(6-8)20-14(16-10)18-17-11-7-9(15)3-5-12(11)19/h2-7,19H,1H3. The molecule has 0 atom stereocenters. The molecular weight excluding hydrogens is 338 g/mol. The fraction of sp³-hybridized carbons (Fsp3) is 0.0714. The maximum Gasteiger partial charge on any atom is 0.231 e. The van der Waals surface area contributed by atoms with Gasteiger partial charge in [0.15, 0.2) is 0 Å². The zero-order valence-electron chi connectivity index (χ0n) is 10.5. The number of aryl methyl sites for hydroxylation is 1. The van der Waals surface area contributed by atoms with E-state index in [4.69, 9.17) is 0 Å². The van der Waals surface area contributed by atoms with Crippen LogP contribution in [0.2, 0.25) is 0 Å². The van der Waals surface area contributed by atoms with Gasteiger partial charge in [0.05, 0.1) is 10.2 Å². The number of halogens is 1.